The van der Waals surface area contributed by atoms with Gasteiger partial charge in [-0.05, 0) is 6.92 Å². The number of anilines is 1. The molecule has 0 spiro atoms. The number of hydrogen-bond acceptors (Lipinski definition) is 9. The Morgan fingerprint density at radius 3 is 2.37 bits per heavy atom. The molecule has 0 bridgehead atoms. The molecule has 12 N–H and O–H groups in total. The van der Waals surface area contributed by atoms with Gasteiger partial charge in [0.05, 0.1) is 17.0 Å². The number of rotatable bonds is 8. The van der Waals surface area contributed by atoms with Crippen LogP contribution < -0.4 is 15.2 Å². The third-order valence-corrected chi connectivity index (χ3v) is 6.59. The summed E-state index contributed by atoms with van der Waals surface area (Å²) in [6.07, 6.45) is 1.87. The second-order valence-corrected chi connectivity index (χ2v) is 9.02. The highest BCUT2D eigenvalue weighted by molar-refractivity contribution is 7.60. The van der Waals surface area contributed by atoms with E-state index in [0.29, 0.717) is 18.2 Å². The Kier molecular flexibility index (Phi) is 14.5. The summed E-state index contributed by atoms with van der Waals surface area (Å²) in [4.78, 5) is 37.4. The van der Waals surface area contributed by atoms with E-state index < -0.39 is 15.6 Å². The summed E-state index contributed by atoms with van der Waals surface area (Å²) >= 11 is 1.38. The van der Waals surface area contributed by atoms with Crippen LogP contribution >= 0.6 is 27.0 Å². The SMILES string of the molecule is Cc1ncc(C[n+]2csc(CCOP(=O)([O-])OP(=O)(O)O)c2C)c(N)n1.O.O.O.O. The molecule has 1 atom stereocenters. The Balaban J connectivity index is -0.00000182. The smallest absolute Gasteiger partial charge is 0.476 e. The summed E-state index contributed by atoms with van der Waals surface area (Å²) in [6, 6.07) is 0. The van der Waals surface area contributed by atoms with Gasteiger partial charge in [0.2, 0.25) is 5.51 Å². The van der Waals surface area contributed by atoms with Gasteiger partial charge < -0.3 is 46.8 Å². The van der Waals surface area contributed by atoms with Crippen molar-refractivity contribution >= 4 is 32.8 Å². The Labute approximate surface area is 175 Å². The number of thiazole rings is 1. The lowest BCUT2D eigenvalue weighted by Crippen LogP contribution is -2.35. The Morgan fingerprint density at radius 1 is 1.23 bits per heavy atom. The fourth-order valence-electron chi connectivity index (χ4n) is 2.07. The first-order valence-corrected chi connectivity index (χ1v) is 11.1. The minimum atomic E-state index is -5.18. The number of aromatic nitrogens is 3. The Bertz CT molecular complexity index is 891. The molecule has 2 rings (SSSR count). The van der Waals surface area contributed by atoms with Crippen LogP contribution in [0.5, 0.6) is 0 Å². The maximum atomic E-state index is 11.3. The average Bonchev–Trinajstić information content (AvgIpc) is 2.80. The van der Waals surface area contributed by atoms with E-state index >= 15 is 0 Å². The van der Waals surface area contributed by atoms with E-state index in [4.69, 9.17) is 15.5 Å². The van der Waals surface area contributed by atoms with Gasteiger partial charge in [0.25, 0.3) is 7.82 Å². The van der Waals surface area contributed by atoms with E-state index in [1.165, 1.54) is 11.3 Å². The van der Waals surface area contributed by atoms with Crippen LogP contribution in [0.4, 0.5) is 5.82 Å². The van der Waals surface area contributed by atoms with Crippen molar-refractivity contribution in [2.45, 2.75) is 26.8 Å². The van der Waals surface area contributed by atoms with Crippen LogP contribution in [0.15, 0.2) is 11.7 Å². The number of nitrogen functional groups attached to an aromatic ring is 1. The van der Waals surface area contributed by atoms with Gasteiger partial charge in [-0.2, -0.15) is 4.57 Å². The number of nitrogens with zero attached hydrogens (tertiary/aromatic N) is 3. The zero-order valence-corrected chi connectivity index (χ0v) is 18.5. The van der Waals surface area contributed by atoms with Gasteiger partial charge in [-0.25, -0.2) is 18.8 Å². The molecule has 1 unspecified atom stereocenters. The molecule has 0 aliphatic heterocycles. The lowest BCUT2D eigenvalue weighted by molar-refractivity contribution is -0.689. The number of phosphoric acid groups is 2. The second-order valence-electron chi connectivity index (χ2n) is 5.29. The van der Waals surface area contributed by atoms with E-state index in [1.807, 2.05) is 17.0 Å². The lowest BCUT2D eigenvalue weighted by Gasteiger charge is -2.22. The van der Waals surface area contributed by atoms with Crippen LogP contribution in [-0.2, 0) is 30.9 Å². The molecule has 0 aliphatic carbocycles. The van der Waals surface area contributed by atoms with E-state index in [-0.39, 0.29) is 34.9 Å². The largest absolute Gasteiger partial charge is 0.756 e. The third kappa shape index (κ3) is 10.1. The van der Waals surface area contributed by atoms with Crippen molar-refractivity contribution < 1.29 is 59.1 Å². The van der Waals surface area contributed by atoms with E-state index in [9.17, 15) is 14.0 Å². The molecule has 15 nitrogen and oxygen atoms in total. The standard InChI is InChI=1S/C12H18N4O7P2S.4H2O/c1-8-11(3-4-22-25(20,21)23-24(17,18)19)26-7-16(8)6-10-5-14-9(2)15-12(10)13;;;;/h5,7H,3-4,6H2,1-2H3,(H4-,13,14,15,17,18,19,20,21);4*1H2. The predicted molar refractivity (Wildman–Crippen MR) is 104 cm³/mol. The maximum absolute atomic E-state index is 11.3. The van der Waals surface area contributed by atoms with Crippen molar-refractivity contribution in [3.05, 3.63) is 33.7 Å². The van der Waals surface area contributed by atoms with Gasteiger partial charge in [-0.1, -0.05) is 11.3 Å². The van der Waals surface area contributed by atoms with Gasteiger partial charge in [0, 0.05) is 19.5 Å². The summed E-state index contributed by atoms with van der Waals surface area (Å²) in [7, 11) is -10.3. The highest BCUT2D eigenvalue weighted by Crippen LogP contribution is 2.54. The number of nitrogens with two attached hydrogens (primary N) is 1. The van der Waals surface area contributed by atoms with Crippen molar-refractivity contribution in [1.29, 1.82) is 0 Å². The first kappa shape index (κ1) is 33.3. The van der Waals surface area contributed by atoms with Gasteiger partial charge >= 0.3 is 7.82 Å². The molecule has 2 aromatic rings. The molecule has 0 saturated carbocycles. The van der Waals surface area contributed by atoms with Crippen molar-refractivity contribution in [1.82, 2.24) is 9.97 Å². The molecule has 0 saturated heterocycles. The topological polar surface area (TPSA) is 298 Å². The van der Waals surface area contributed by atoms with Crippen molar-refractivity contribution in [3.8, 4) is 0 Å². The van der Waals surface area contributed by atoms with Crippen molar-refractivity contribution in [3.63, 3.8) is 0 Å². The monoisotopic (exact) mass is 496 g/mol. The van der Waals surface area contributed by atoms with E-state index in [1.54, 1.807) is 13.1 Å². The molecule has 176 valence electrons. The highest BCUT2D eigenvalue weighted by atomic mass is 32.1. The Hall–Kier alpha value is -1.39. The van der Waals surface area contributed by atoms with Crippen molar-refractivity contribution in [2.75, 3.05) is 12.3 Å². The first-order valence-electron chi connectivity index (χ1n) is 7.24. The molecule has 0 aliphatic rings. The first-order chi connectivity index (χ1) is 12.0. The van der Waals surface area contributed by atoms with Crippen LogP contribution in [-0.4, -0.2) is 48.3 Å². The minimum Gasteiger partial charge on any atom is -0.756 e. The number of hydrogen-bond donors (Lipinski definition) is 3. The molecule has 0 radical (unpaired) electrons. The van der Waals surface area contributed by atoms with Gasteiger partial charge in [0.1, 0.15) is 11.6 Å². The van der Waals surface area contributed by atoms with Crippen LogP contribution in [0, 0.1) is 13.8 Å². The zero-order valence-electron chi connectivity index (χ0n) is 15.9. The molecule has 0 aromatic carbocycles. The Morgan fingerprint density at radius 2 is 1.83 bits per heavy atom. The summed E-state index contributed by atoms with van der Waals surface area (Å²) in [5.74, 6) is 0.970. The molecule has 30 heavy (non-hydrogen) atoms. The quantitative estimate of drug-likeness (QED) is 0.244. The van der Waals surface area contributed by atoms with Crippen LogP contribution in [0.3, 0.4) is 0 Å². The van der Waals surface area contributed by atoms with E-state index in [2.05, 4.69) is 18.8 Å². The van der Waals surface area contributed by atoms with Crippen LogP contribution in [0.1, 0.15) is 22.0 Å². The molecule has 18 heteroatoms. The number of phosphoric ester groups is 1. The second kappa shape index (κ2) is 13.1. The summed E-state index contributed by atoms with van der Waals surface area (Å²) < 4.78 is 31.8. The molecule has 2 heterocycles. The van der Waals surface area contributed by atoms with Crippen LogP contribution in [0.2, 0.25) is 0 Å². The summed E-state index contributed by atoms with van der Waals surface area (Å²) in [5, 5.41) is 0. The van der Waals surface area contributed by atoms with E-state index in [0.717, 1.165) is 16.1 Å². The molecule has 2 aromatic heterocycles. The third-order valence-electron chi connectivity index (χ3n) is 3.30. The lowest BCUT2D eigenvalue weighted by atomic mass is 10.2. The summed E-state index contributed by atoms with van der Waals surface area (Å²) in [6.45, 7) is 3.74. The fraction of sp³-hybridized carbons (Fsp3) is 0.417. The van der Waals surface area contributed by atoms with Gasteiger partial charge in [0.15, 0.2) is 12.2 Å². The van der Waals surface area contributed by atoms with Gasteiger partial charge in [-0.3, -0.25) is 4.57 Å². The normalized spacial score (nSPS) is 12.4. The minimum absolute atomic E-state index is 0. The number of aryl methyl sites for hydroxylation is 1. The zero-order chi connectivity index (χ0) is 19.5. The average molecular weight is 496 g/mol. The van der Waals surface area contributed by atoms with Gasteiger partial charge in [-0.15, -0.1) is 0 Å². The van der Waals surface area contributed by atoms with Crippen molar-refractivity contribution in [2.24, 2.45) is 0 Å². The molecule has 0 amide bonds. The summed E-state index contributed by atoms with van der Waals surface area (Å²) in [5.41, 5.74) is 9.34. The fourth-order valence-corrected chi connectivity index (χ4v) is 4.59. The highest BCUT2D eigenvalue weighted by Gasteiger charge is 2.24. The molecular formula is C12H26N4O11P2S. The maximum Gasteiger partial charge on any atom is 0.476 e. The molecule has 0 fully saturated rings. The molecular weight excluding hydrogens is 470 g/mol. The predicted octanol–water partition coefficient (Wildman–Crippen LogP) is -3.09. The van der Waals surface area contributed by atoms with Crippen LogP contribution in [0.25, 0.3) is 0 Å².